The Balaban J connectivity index is 0.000000102. The van der Waals surface area contributed by atoms with Crippen LogP contribution in [0.1, 0.15) is 0 Å². The van der Waals surface area contributed by atoms with E-state index in [-0.39, 0.29) is 0 Å². The van der Waals surface area contributed by atoms with Crippen molar-refractivity contribution in [1.82, 2.24) is 48.2 Å². The third kappa shape index (κ3) is 11.0. The second-order valence-corrected chi connectivity index (χ2v) is 49.8. The van der Waals surface area contributed by atoms with E-state index in [1.807, 2.05) is 23.5 Å². The highest BCUT2D eigenvalue weighted by atomic mass is 32.1. The molecule has 9 aromatic heterocycles. The van der Waals surface area contributed by atoms with Crippen LogP contribution in [-0.4, -0.2) is 72.4 Å². The number of para-hydroxylation sites is 6. The molecule has 0 radical (unpaired) electrons. The lowest BCUT2D eigenvalue weighted by atomic mass is 10.1. The summed E-state index contributed by atoms with van der Waals surface area (Å²) in [6.07, 6.45) is 0. The summed E-state index contributed by atoms with van der Waals surface area (Å²) in [5.74, 6) is 2.14. The van der Waals surface area contributed by atoms with Gasteiger partial charge in [-0.25, -0.2) is 29.9 Å². The molecule has 0 N–H and O–H groups in total. The average molecular weight is 1720 g/mol. The lowest BCUT2D eigenvalue weighted by Crippen LogP contribution is -2.50. The minimum atomic E-state index is -2.06. The molecule has 0 amide bonds. The molecule has 25 aromatic rings. The van der Waals surface area contributed by atoms with Gasteiger partial charge in [-0.1, -0.05) is 330 Å². The topological polar surface area (TPSA) is 110 Å². The smallest absolute Gasteiger partial charge is 0.235 e. The first-order chi connectivity index (χ1) is 63.3. The molecule has 0 bridgehead atoms. The fourth-order valence-electron chi connectivity index (χ4n) is 22.1. The van der Waals surface area contributed by atoms with E-state index in [0.29, 0.717) is 11.9 Å². The summed E-state index contributed by atoms with van der Waals surface area (Å²) in [4.78, 5) is 32.7. The van der Waals surface area contributed by atoms with Gasteiger partial charge in [0.25, 0.3) is 0 Å². The molecule has 16 aromatic carbocycles. The van der Waals surface area contributed by atoms with Gasteiger partial charge in [-0.2, -0.15) is 0 Å². The molecular formula is C114H80N10OSSi3. The first kappa shape index (κ1) is 75.0. The van der Waals surface area contributed by atoms with Gasteiger partial charge in [0, 0.05) is 96.4 Å². The van der Waals surface area contributed by atoms with Gasteiger partial charge in [-0.15, -0.1) is 11.3 Å². The third-order valence-corrected chi connectivity index (χ3v) is 39.4. The molecule has 15 heteroatoms. The third-order valence-electron chi connectivity index (χ3n) is 27.7. The second kappa shape index (κ2) is 28.3. The van der Waals surface area contributed by atoms with Crippen LogP contribution in [0.5, 0.6) is 0 Å². The highest BCUT2D eigenvalue weighted by molar-refractivity contribution is 7.26. The Bertz CT molecular complexity index is 8720. The zero-order valence-electron chi connectivity index (χ0n) is 71.6. The van der Waals surface area contributed by atoms with Crippen molar-refractivity contribution in [2.75, 3.05) is 0 Å². The number of hydrogen-bond donors (Lipinski definition) is 0. The number of benzene rings is 16. The van der Waals surface area contributed by atoms with Gasteiger partial charge in [0.15, 0.2) is 0 Å². The van der Waals surface area contributed by atoms with Crippen LogP contribution in [-0.2, 0) is 0 Å². The van der Waals surface area contributed by atoms with Crippen molar-refractivity contribution in [3.05, 3.63) is 376 Å². The van der Waals surface area contributed by atoms with Crippen LogP contribution in [0.15, 0.2) is 381 Å². The summed E-state index contributed by atoms with van der Waals surface area (Å²) in [5.41, 5.74) is 25.5. The Morgan fingerprint density at radius 3 is 0.946 bits per heavy atom. The highest BCUT2D eigenvalue weighted by Gasteiger charge is 2.46. The molecule has 11 nitrogen and oxygen atoms in total. The minimum absolute atomic E-state index is 0.697. The van der Waals surface area contributed by atoms with E-state index in [4.69, 9.17) is 34.3 Å². The van der Waals surface area contributed by atoms with Gasteiger partial charge in [0.1, 0.15) is 35.4 Å². The molecular weight excluding hydrogens is 1640 g/mol. The zero-order valence-corrected chi connectivity index (χ0v) is 75.4. The average Bonchev–Trinajstić information content (AvgIpc) is 1.54. The summed E-state index contributed by atoms with van der Waals surface area (Å²) >= 11 is 1.86. The number of fused-ring (bicyclic) bond motifs is 30. The van der Waals surface area contributed by atoms with E-state index in [1.165, 1.54) is 122 Å². The van der Waals surface area contributed by atoms with Gasteiger partial charge in [-0.05, 0) is 133 Å². The van der Waals surface area contributed by atoms with Crippen molar-refractivity contribution < 1.29 is 4.42 Å². The van der Waals surface area contributed by atoms with E-state index in [0.717, 1.165) is 118 Å². The van der Waals surface area contributed by atoms with Crippen molar-refractivity contribution in [2.45, 2.75) is 39.3 Å². The fourth-order valence-corrected chi connectivity index (χ4v) is 32.9. The predicted molar refractivity (Wildman–Crippen MR) is 546 cm³/mol. The Labute approximate surface area is 749 Å². The Morgan fingerprint density at radius 1 is 0.217 bits per heavy atom. The van der Waals surface area contributed by atoms with E-state index < -0.39 is 24.2 Å². The number of rotatable bonds is 7. The van der Waals surface area contributed by atoms with Crippen molar-refractivity contribution in [3.8, 4) is 91.1 Å². The molecule has 0 unspecified atom stereocenters. The summed E-state index contributed by atoms with van der Waals surface area (Å²) in [5, 5.41) is 22.9. The Hall–Kier alpha value is -15.4. The van der Waals surface area contributed by atoms with Crippen LogP contribution in [0.4, 0.5) is 0 Å². The Kier molecular flexibility index (Phi) is 16.5. The molecule has 3 aliphatic heterocycles. The van der Waals surface area contributed by atoms with Crippen molar-refractivity contribution >= 4 is 196 Å². The number of nitrogens with zero attached hydrogens (tertiary/aromatic N) is 10. The predicted octanol–water partition coefficient (Wildman–Crippen LogP) is 25.5. The molecule has 0 fully saturated rings. The molecule has 0 atom stereocenters. The van der Waals surface area contributed by atoms with E-state index in [2.05, 4.69) is 422 Å². The molecule has 28 rings (SSSR count). The SMILES string of the molecule is C[Si]1(C)c2ccccc2-c2nc(-n3c4ccccc4c4c5c(ccc43)oc3ccccc35)nc(-c3ccccc3)c21.C[Si]1(C)c2ccccc2-c2nc(-n3c4ccccc4c4c5c(ccc43)sc3ccccc35)nc(-c3ccccc3)c21.C[Si]1(C)c2ccccc2-c2nc(-n3c4ccccc4c4c5c6ccccc6n(-c6ccccc6)c5ccc43)nc(-c3ccccc3)c21. The van der Waals surface area contributed by atoms with E-state index in [9.17, 15) is 0 Å². The highest BCUT2D eigenvalue weighted by Crippen LogP contribution is 2.48. The maximum absolute atomic E-state index is 6.29. The standard InChI is InChI=1S/C42H30N4Si.C36H25N3OSi.C36H25N3SSi/c1-47(2)36-24-14-11-21-31(36)40-41(47)39(27-15-5-3-6-16-27)43-42(44-40)46-33-23-13-10-20-30(33)38-35(46)26-25-34-37(38)29-19-9-12-22-32(29)45(34)28-17-7-4-8-18-28;2*1-41(2)30-19-11-8-16-25(30)34-35(41)33(22-12-4-3-5-13-22)37-36(38-34)39-26-17-9-6-14-23(26)31-27(39)20-21-29-32(31)24-15-7-10-18-28(24)40-29/h3-26H,1-2H3;2*3-21H,1-2H3. The number of aromatic nitrogens is 10. The molecule has 12 heterocycles. The minimum Gasteiger partial charge on any atom is -0.456 e. The number of thiophene rings is 1. The van der Waals surface area contributed by atoms with Gasteiger partial charge < -0.3 is 8.98 Å². The van der Waals surface area contributed by atoms with Crippen LogP contribution >= 0.6 is 11.3 Å². The molecule has 0 saturated heterocycles. The fraction of sp³-hybridized carbons (Fsp3) is 0.0526. The maximum atomic E-state index is 6.29. The molecule has 3 aliphatic rings. The van der Waals surface area contributed by atoms with Gasteiger partial charge in [-0.3, -0.25) is 13.7 Å². The summed E-state index contributed by atoms with van der Waals surface area (Å²) < 4.78 is 18.1. The lowest BCUT2D eigenvalue weighted by molar-refractivity contribution is 0.669. The zero-order chi connectivity index (χ0) is 85.9. The molecule has 0 aliphatic carbocycles. The molecule has 129 heavy (non-hydrogen) atoms. The summed E-state index contributed by atoms with van der Waals surface area (Å²) in [7, 11) is -6.10. The monoisotopic (exact) mass is 1720 g/mol. The van der Waals surface area contributed by atoms with Crippen molar-refractivity contribution in [1.29, 1.82) is 0 Å². The number of hydrogen-bond acceptors (Lipinski definition) is 8. The summed E-state index contributed by atoms with van der Waals surface area (Å²) in [6.45, 7) is 14.6. The van der Waals surface area contributed by atoms with Crippen LogP contribution in [0.2, 0.25) is 39.3 Å². The van der Waals surface area contributed by atoms with Crippen LogP contribution in [0.3, 0.4) is 0 Å². The van der Waals surface area contributed by atoms with E-state index >= 15 is 0 Å². The molecule has 610 valence electrons. The van der Waals surface area contributed by atoms with Crippen molar-refractivity contribution in [3.63, 3.8) is 0 Å². The van der Waals surface area contributed by atoms with Crippen LogP contribution in [0, 0.1) is 0 Å². The van der Waals surface area contributed by atoms with Gasteiger partial charge in [0.2, 0.25) is 17.8 Å². The Morgan fingerprint density at radius 2 is 0.519 bits per heavy atom. The van der Waals surface area contributed by atoms with Gasteiger partial charge >= 0.3 is 0 Å². The lowest BCUT2D eigenvalue weighted by Gasteiger charge is -2.21. The van der Waals surface area contributed by atoms with Gasteiger partial charge in [0.05, 0.1) is 78.3 Å². The van der Waals surface area contributed by atoms with Crippen LogP contribution in [0.25, 0.3) is 220 Å². The van der Waals surface area contributed by atoms with E-state index in [1.54, 1.807) is 0 Å². The maximum Gasteiger partial charge on any atom is 0.235 e. The summed E-state index contributed by atoms with van der Waals surface area (Å²) in [6, 6.07) is 134. The molecule has 0 spiro atoms. The van der Waals surface area contributed by atoms with Crippen LogP contribution < -0.4 is 31.1 Å². The largest absolute Gasteiger partial charge is 0.456 e. The molecule has 0 saturated carbocycles. The second-order valence-electron chi connectivity index (χ2n) is 35.9. The first-order valence-corrected chi connectivity index (χ1v) is 54.1. The first-order valence-electron chi connectivity index (χ1n) is 44.3. The normalized spacial score (nSPS) is 13.7. The number of furan rings is 1. The van der Waals surface area contributed by atoms with Crippen molar-refractivity contribution in [2.24, 2.45) is 0 Å². The quantitative estimate of drug-likeness (QED) is 0.146.